The van der Waals surface area contributed by atoms with Crippen LogP contribution < -0.4 is 10.5 Å². The van der Waals surface area contributed by atoms with E-state index in [1.807, 2.05) is 4.72 Å². The molecule has 6 nitrogen and oxygen atoms in total. The van der Waals surface area contributed by atoms with Crippen molar-refractivity contribution in [1.29, 1.82) is 0 Å². The lowest BCUT2D eigenvalue weighted by atomic mass is 10.3. The predicted octanol–water partition coefficient (Wildman–Crippen LogP) is -0.396. The molecule has 18 heavy (non-hydrogen) atoms. The molecule has 1 atom stereocenters. The zero-order valence-electron chi connectivity index (χ0n) is 8.93. The largest absolute Gasteiger partial charge is 0.382 e. The van der Waals surface area contributed by atoms with Gasteiger partial charge in [0, 0.05) is 6.54 Å². The minimum absolute atomic E-state index is 0.309. The maximum absolute atomic E-state index is 12.8. The third kappa shape index (κ3) is 3.64. The monoisotopic (exact) mass is 296 g/mol. The fraction of sp³-hybridized carbons (Fsp3) is 0.222. The summed E-state index contributed by atoms with van der Waals surface area (Å²) in [5, 5.41) is 8.75. The van der Waals surface area contributed by atoms with Crippen LogP contribution >= 0.6 is 11.6 Å². The Morgan fingerprint density at radius 1 is 1.56 bits per heavy atom. The van der Waals surface area contributed by atoms with Gasteiger partial charge in [-0.2, -0.15) is 0 Å². The van der Waals surface area contributed by atoms with Crippen molar-refractivity contribution < 1.29 is 22.7 Å². The predicted molar refractivity (Wildman–Crippen MR) is 61.8 cm³/mol. The fourth-order valence-electron chi connectivity index (χ4n) is 1.06. The van der Waals surface area contributed by atoms with Crippen molar-refractivity contribution in [3.8, 4) is 0 Å². The molecule has 0 saturated heterocycles. The third-order valence-electron chi connectivity index (χ3n) is 1.98. The van der Waals surface area contributed by atoms with Crippen molar-refractivity contribution in [3.05, 3.63) is 29.0 Å². The van der Waals surface area contributed by atoms with Crippen molar-refractivity contribution in [2.45, 2.75) is 11.0 Å². The van der Waals surface area contributed by atoms with Crippen molar-refractivity contribution in [2.75, 3.05) is 6.54 Å². The summed E-state index contributed by atoms with van der Waals surface area (Å²) in [6, 6.07) is 2.72. The molecular weight excluding hydrogens is 287 g/mol. The highest BCUT2D eigenvalue weighted by atomic mass is 35.5. The summed E-state index contributed by atoms with van der Waals surface area (Å²) >= 11 is 5.58. The van der Waals surface area contributed by atoms with Gasteiger partial charge >= 0.3 is 0 Å². The maximum Gasteiger partial charge on any atom is 0.247 e. The zero-order chi connectivity index (χ0) is 13.9. The van der Waals surface area contributed by atoms with Gasteiger partial charge in [-0.05, 0) is 18.2 Å². The molecule has 0 heterocycles. The second kappa shape index (κ2) is 5.61. The van der Waals surface area contributed by atoms with Crippen molar-refractivity contribution >= 4 is 27.5 Å². The Balaban J connectivity index is 2.90. The Hall–Kier alpha value is -1.22. The van der Waals surface area contributed by atoms with E-state index in [9.17, 15) is 17.6 Å². The lowest BCUT2D eigenvalue weighted by molar-refractivity contribution is -0.125. The summed E-state index contributed by atoms with van der Waals surface area (Å²) in [5.74, 6) is -1.75. The molecule has 0 fully saturated rings. The van der Waals surface area contributed by atoms with Gasteiger partial charge in [-0.3, -0.25) is 4.79 Å². The van der Waals surface area contributed by atoms with Gasteiger partial charge in [-0.1, -0.05) is 11.6 Å². The smallest absolute Gasteiger partial charge is 0.247 e. The van der Waals surface area contributed by atoms with Gasteiger partial charge in [-0.15, -0.1) is 0 Å². The topological polar surface area (TPSA) is 109 Å². The van der Waals surface area contributed by atoms with E-state index < -0.39 is 34.4 Å². The summed E-state index contributed by atoms with van der Waals surface area (Å²) in [5.41, 5.74) is 4.75. The van der Waals surface area contributed by atoms with Crippen molar-refractivity contribution in [1.82, 2.24) is 4.72 Å². The van der Waals surface area contributed by atoms with Crippen LogP contribution in [-0.4, -0.2) is 32.1 Å². The Morgan fingerprint density at radius 2 is 2.17 bits per heavy atom. The van der Waals surface area contributed by atoms with Crippen LogP contribution in [0.15, 0.2) is 23.1 Å². The van der Waals surface area contributed by atoms with Crippen LogP contribution in [-0.2, 0) is 14.8 Å². The minimum Gasteiger partial charge on any atom is -0.382 e. The van der Waals surface area contributed by atoms with Gasteiger partial charge in [0.1, 0.15) is 16.8 Å². The van der Waals surface area contributed by atoms with Crippen molar-refractivity contribution in [3.63, 3.8) is 0 Å². The number of benzene rings is 1. The number of carbonyl (C=O) groups is 1. The SMILES string of the molecule is NC(=O)C(O)CNS(=O)(=O)c1ccc(F)cc1Cl. The Morgan fingerprint density at radius 3 is 2.67 bits per heavy atom. The molecule has 1 aromatic carbocycles. The maximum atomic E-state index is 12.8. The second-order valence-electron chi connectivity index (χ2n) is 3.34. The average molecular weight is 297 g/mol. The van der Waals surface area contributed by atoms with E-state index in [-0.39, 0.29) is 9.92 Å². The van der Waals surface area contributed by atoms with Gasteiger partial charge in [0.05, 0.1) is 5.02 Å². The molecule has 1 amide bonds. The number of rotatable bonds is 5. The first-order valence-corrected chi connectivity index (χ1v) is 6.52. The molecule has 0 bridgehead atoms. The van der Waals surface area contributed by atoms with Crippen LogP contribution in [0, 0.1) is 5.82 Å². The van der Waals surface area contributed by atoms with E-state index >= 15 is 0 Å². The number of halogens is 2. The molecule has 0 saturated carbocycles. The first-order chi connectivity index (χ1) is 8.24. The van der Waals surface area contributed by atoms with Crippen LogP contribution in [0.4, 0.5) is 4.39 Å². The molecular formula is C9H10ClFN2O4S. The average Bonchev–Trinajstić information content (AvgIpc) is 2.25. The zero-order valence-corrected chi connectivity index (χ0v) is 10.5. The van der Waals surface area contributed by atoms with Crippen LogP contribution in [0.3, 0.4) is 0 Å². The summed E-state index contributed by atoms with van der Waals surface area (Å²) in [6.07, 6.45) is -1.65. The number of amides is 1. The molecule has 4 N–H and O–H groups in total. The summed E-state index contributed by atoms with van der Waals surface area (Å²) in [4.78, 5) is 10.2. The number of nitrogens with two attached hydrogens (primary N) is 1. The fourth-order valence-corrected chi connectivity index (χ4v) is 2.63. The van der Waals surface area contributed by atoms with Crippen LogP contribution in [0.5, 0.6) is 0 Å². The lowest BCUT2D eigenvalue weighted by Crippen LogP contribution is -2.40. The molecule has 0 radical (unpaired) electrons. The molecule has 0 spiro atoms. The quantitative estimate of drug-likeness (QED) is 0.687. The van der Waals surface area contributed by atoms with Crippen LogP contribution in [0.1, 0.15) is 0 Å². The molecule has 100 valence electrons. The van der Waals surface area contributed by atoms with Gasteiger partial charge in [-0.25, -0.2) is 17.5 Å². The van der Waals surface area contributed by atoms with Gasteiger partial charge in [0.25, 0.3) is 0 Å². The van der Waals surface area contributed by atoms with Crippen LogP contribution in [0.25, 0.3) is 0 Å². The highest BCUT2D eigenvalue weighted by Crippen LogP contribution is 2.21. The van der Waals surface area contributed by atoms with Crippen LogP contribution in [0.2, 0.25) is 5.02 Å². The first kappa shape index (κ1) is 14.8. The van der Waals surface area contributed by atoms with E-state index in [1.54, 1.807) is 0 Å². The molecule has 0 aliphatic heterocycles. The summed E-state index contributed by atoms with van der Waals surface area (Å²) in [6.45, 7) is -0.592. The minimum atomic E-state index is -4.05. The number of hydrogen-bond acceptors (Lipinski definition) is 4. The number of aliphatic hydroxyl groups excluding tert-OH is 1. The van der Waals surface area contributed by atoms with E-state index in [1.165, 1.54) is 0 Å². The number of aliphatic hydroxyl groups is 1. The first-order valence-electron chi connectivity index (χ1n) is 4.66. The molecule has 1 aromatic rings. The molecule has 1 unspecified atom stereocenters. The lowest BCUT2D eigenvalue weighted by Gasteiger charge is -2.10. The van der Waals surface area contributed by atoms with Gasteiger partial charge in [0.15, 0.2) is 0 Å². The molecule has 1 rings (SSSR count). The van der Waals surface area contributed by atoms with Gasteiger partial charge < -0.3 is 10.8 Å². The Labute approximate surface area is 108 Å². The number of carbonyl (C=O) groups excluding carboxylic acids is 1. The Kier molecular flexibility index (Phi) is 4.63. The second-order valence-corrected chi connectivity index (χ2v) is 5.49. The summed E-state index contributed by atoms with van der Waals surface area (Å²) < 4.78 is 38.1. The molecule has 9 heteroatoms. The van der Waals surface area contributed by atoms with Gasteiger partial charge in [0.2, 0.25) is 15.9 Å². The number of primary amides is 1. The highest BCUT2D eigenvalue weighted by molar-refractivity contribution is 7.89. The van der Waals surface area contributed by atoms with Crippen molar-refractivity contribution in [2.24, 2.45) is 5.73 Å². The molecule has 0 aliphatic carbocycles. The van der Waals surface area contributed by atoms with E-state index in [4.69, 9.17) is 22.4 Å². The molecule has 0 aliphatic rings. The van der Waals surface area contributed by atoms with E-state index in [0.717, 1.165) is 18.2 Å². The van der Waals surface area contributed by atoms with E-state index in [2.05, 4.69) is 0 Å². The number of nitrogens with one attached hydrogen (secondary N) is 1. The summed E-state index contributed by atoms with van der Waals surface area (Å²) in [7, 11) is -4.05. The third-order valence-corrected chi connectivity index (χ3v) is 3.89. The van der Waals surface area contributed by atoms with E-state index in [0.29, 0.717) is 0 Å². The standard InChI is InChI=1S/C9H10ClFN2O4S/c10-6-3-5(11)1-2-8(6)18(16,17)13-4-7(14)9(12)15/h1-3,7,13-14H,4H2,(H2,12,15). The Bertz CT molecular complexity index is 564. The number of sulfonamides is 1. The molecule has 0 aromatic heterocycles. The number of hydrogen-bond donors (Lipinski definition) is 3. The highest BCUT2D eigenvalue weighted by Gasteiger charge is 2.21. The normalized spacial score (nSPS) is 13.3.